The zero-order valence-corrected chi connectivity index (χ0v) is 9.21. The molecule has 0 aliphatic carbocycles. The number of thiophene rings is 1. The van der Waals surface area contributed by atoms with Crippen LogP contribution in [0.1, 0.15) is 23.0 Å². The van der Waals surface area contributed by atoms with Crippen LogP contribution in [-0.2, 0) is 4.79 Å². The second-order valence-electron chi connectivity index (χ2n) is 3.16. The molecule has 0 spiro atoms. The predicted octanol–water partition coefficient (Wildman–Crippen LogP) is 1.38. The molecular weight excluding hydrogens is 214 g/mol. The third kappa shape index (κ3) is 3.81. The average molecular weight is 227 g/mol. The predicted molar refractivity (Wildman–Crippen MR) is 58.4 cm³/mol. The molecule has 5 heteroatoms. The first kappa shape index (κ1) is 11.9. The Morgan fingerprint density at radius 1 is 1.60 bits per heavy atom. The monoisotopic (exact) mass is 227 g/mol. The van der Waals surface area contributed by atoms with Gasteiger partial charge in [-0.15, -0.1) is 11.3 Å². The third-order valence-electron chi connectivity index (χ3n) is 1.95. The van der Waals surface area contributed by atoms with Crippen LogP contribution in [0.25, 0.3) is 0 Å². The van der Waals surface area contributed by atoms with Crippen LogP contribution in [0.15, 0.2) is 17.5 Å². The number of Topliss-reactive ketones (excluding diaryl/α,β-unsaturated/α-hetero) is 1. The van der Waals surface area contributed by atoms with Gasteiger partial charge in [-0.3, -0.25) is 9.59 Å². The van der Waals surface area contributed by atoms with Crippen molar-refractivity contribution in [1.82, 2.24) is 5.32 Å². The summed E-state index contributed by atoms with van der Waals surface area (Å²) in [5.41, 5.74) is 0. The van der Waals surface area contributed by atoms with Gasteiger partial charge in [0, 0.05) is 6.54 Å². The van der Waals surface area contributed by atoms with Gasteiger partial charge in [0.15, 0.2) is 5.78 Å². The lowest BCUT2D eigenvalue weighted by Crippen LogP contribution is -2.34. The van der Waals surface area contributed by atoms with Gasteiger partial charge >= 0.3 is 5.97 Å². The minimum absolute atomic E-state index is 0.00962. The Hall–Kier alpha value is -1.20. The molecule has 15 heavy (non-hydrogen) atoms. The summed E-state index contributed by atoms with van der Waals surface area (Å²) in [7, 11) is 0. The van der Waals surface area contributed by atoms with Crippen LogP contribution in [0.3, 0.4) is 0 Å². The van der Waals surface area contributed by atoms with Crippen LogP contribution in [0.5, 0.6) is 0 Å². The SMILES string of the molecule is CC(NCCC(=O)O)C(=O)c1cccs1. The van der Waals surface area contributed by atoms with E-state index in [4.69, 9.17) is 5.11 Å². The highest BCUT2D eigenvalue weighted by molar-refractivity contribution is 7.12. The second-order valence-corrected chi connectivity index (χ2v) is 4.11. The number of carboxylic acid groups (broad SMARTS) is 1. The number of aliphatic carboxylic acids is 1. The zero-order valence-electron chi connectivity index (χ0n) is 8.40. The highest BCUT2D eigenvalue weighted by Crippen LogP contribution is 2.11. The van der Waals surface area contributed by atoms with Crippen molar-refractivity contribution < 1.29 is 14.7 Å². The fourth-order valence-electron chi connectivity index (χ4n) is 1.12. The van der Waals surface area contributed by atoms with E-state index in [-0.39, 0.29) is 18.2 Å². The topological polar surface area (TPSA) is 66.4 Å². The summed E-state index contributed by atoms with van der Waals surface area (Å²) in [6.45, 7) is 2.05. The van der Waals surface area contributed by atoms with E-state index in [1.807, 2.05) is 11.4 Å². The quantitative estimate of drug-likeness (QED) is 0.721. The first-order valence-corrected chi connectivity index (χ1v) is 5.52. The van der Waals surface area contributed by atoms with Crippen molar-refractivity contribution in [2.24, 2.45) is 0 Å². The summed E-state index contributed by atoms with van der Waals surface area (Å²) < 4.78 is 0. The number of ketones is 1. The lowest BCUT2D eigenvalue weighted by Gasteiger charge is -2.10. The Morgan fingerprint density at radius 3 is 2.87 bits per heavy atom. The van der Waals surface area contributed by atoms with Gasteiger partial charge in [-0.1, -0.05) is 6.07 Å². The van der Waals surface area contributed by atoms with Crippen LogP contribution in [-0.4, -0.2) is 29.4 Å². The van der Waals surface area contributed by atoms with E-state index in [1.54, 1.807) is 13.0 Å². The summed E-state index contributed by atoms with van der Waals surface area (Å²) in [4.78, 5) is 22.6. The maximum Gasteiger partial charge on any atom is 0.304 e. The Kier molecular flexibility index (Phi) is 4.45. The van der Waals surface area contributed by atoms with Crippen molar-refractivity contribution >= 4 is 23.1 Å². The second kappa shape index (κ2) is 5.63. The lowest BCUT2D eigenvalue weighted by atomic mass is 10.2. The van der Waals surface area contributed by atoms with Gasteiger partial charge in [0.25, 0.3) is 0 Å². The van der Waals surface area contributed by atoms with Gasteiger partial charge in [-0.25, -0.2) is 0 Å². The number of carbonyl (C=O) groups excluding carboxylic acids is 1. The fraction of sp³-hybridized carbons (Fsp3) is 0.400. The molecule has 0 saturated heterocycles. The number of carboxylic acids is 1. The molecule has 1 heterocycles. The summed E-state index contributed by atoms with van der Waals surface area (Å²) in [6, 6.07) is 3.26. The highest BCUT2D eigenvalue weighted by atomic mass is 32.1. The smallest absolute Gasteiger partial charge is 0.304 e. The van der Waals surface area contributed by atoms with E-state index >= 15 is 0 Å². The number of hydrogen-bond donors (Lipinski definition) is 2. The molecule has 82 valence electrons. The third-order valence-corrected chi connectivity index (χ3v) is 2.83. The van der Waals surface area contributed by atoms with Crippen molar-refractivity contribution in [3.8, 4) is 0 Å². The van der Waals surface area contributed by atoms with Crippen LogP contribution in [0, 0.1) is 0 Å². The van der Waals surface area contributed by atoms with E-state index < -0.39 is 5.97 Å². The molecule has 1 unspecified atom stereocenters. The molecule has 0 aliphatic rings. The molecule has 1 atom stereocenters. The van der Waals surface area contributed by atoms with Crippen molar-refractivity contribution in [3.05, 3.63) is 22.4 Å². The van der Waals surface area contributed by atoms with E-state index in [0.717, 1.165) is 0 Å². The maximum atomic E-state index is 11.7. The number of nitrogens with one attached hydrogen (secondary N) is 1. The minimum atomic E-state index is -0.863. The molecule has 0 aromatic carbocycles. The maximum absolute atomic E-state index is 11.7. The zero-order chi connectivity index (χ0) is 11.3. The molecule has 0 saturated carbocycles. The number of carbonyl (C=O) groups is 2. The Labute approximate surface area is 91.9 Å². The number of hydrogen-bond acceptors (Lipinski definition) is 4. The van der Waals surface area contributed by atoms with Crippen molar-refractivity contribution in [2.45, 2.75) is 19.4 Å². The molecule has 0 aliphatic heterocycles. The summed E-state index contributed by atoms with van der Waals surface area (Å²) in [5, 5.41) is 13.1. The molecule has 0 radical (unpaired) electrons. The highest BCUT2D eigenvalue weighted by Gasteiger charge is 2.15. The first-order valence-electron chi connectivity index (χ1n) is 4.64. The fourth-order valence-corrected chi connectivity index (χ4v) is 1.87. The van der Waals surface area contributed by atoms with Crippen molar-refractivity contribution in [1.29, 1.82) is 0 Å². The van der Waals surface area contributed by atoms with Crippen LogP contribution in [0.4, 0.5) is 0 Å². The first-order chi connectivity index (χ1) is 7.11. The van der Waals surface area contributed by atoms with Crippen molar-refractivity contribution in [3.63, 3.8) is 0 Å². The normalized spacial score (nSPS) is 12.3. The standard InChI is InChI=1S/C10H13NO3S/c1-7(11-5-4-9(12)13)10(14)8-3-2-6-15-8/h2-3,6-7,11H,4-5H2,1H3,(H,12,13). The molecule has 0 amide bonds. The Morgan fingerprint density at radius 2 is 2.33 bits per heavy atom. The molecule has 0 fully saturated rings. The molecule has 0 bridgehead atoms. The van der Waals surface area contributed by atoms with E-state index in [2.05, 4.69) is 5.32 Å². The summed E-state index contributed by atoms with van der Waals surface area (Å²) >= 11 is 1.39. The molecule has 1 aromatic rings. The van der Waals surface area contributed by atoms with Gasteiger partial charge in [-0.2, -0.15) is 0 Å². The Balaban J connectivity index is 2.37. The van der Waals surface area contributed by atoms with Crippen LogP contribution >= 0.6 is 11.3 Å². The van der Waals surface area contributed by atoms with E-state index in [9.17, 15) is 9.59 Å². The van der Waals surface area contributed by atoms with Gasteiger partial charge in [0.05, 0.1) is 17.3 Å². The summed E-state index contributed by atoms with van der Waals surface area (Å²) in [5.74, 6) is -0.853. The van der Waals surface area contributed by atoms with Gasteiger partial charge in [0.1, 0.15) is 0 Å². The van der Waals surface area contributed by atoms with Crippen LogP contribution < -0.4 is 5.32 Å². The van der Waals surface area contributed by atoms with E-state index in [1.165, 1.54) is 11.3 Å². The Bertz CT molecular complexity index is 334. The largest absolute Gasteiger partial charge is 0.481 e. The van der Waals surface area contributed by atoms with E-state index in [0.29, 0.717) is 11.4 Å². The lowest BCUT2D eigenvalue weighted by molar-refractivity contribution is -0.136. The summed E-state index contributed by atoms with van der Waals surface area (Å²) in [6.07, 6.45) is 0.0298. The molecule has 2 N–H and O–H groups in total. The van der Waals surface area contributed by atoms with Gasteiger partial charge in [0.2, 0.25) is 0 Å². The average Bonchev–Trinajstić information content (AvgIpc) is 2.68. The van der Waals surface area contributed by atoms with Gasteiger partial charge < -0.3 is 10.4 Å². The van der Waals surface area contributed by atoms with Crippen LogP contribution in [0.2, 0.25) is 0 Å². The molecule has 1 aromatic heterocycles. The number of rotatable bonds is 6. The molecular formula is C10H13NO3S. The minimum Gasteiger partial charge on any atom is -0.481 e. The molecule has 4 nitrogen and oxygen atoms in total. The van der Waals surface area contributed by atoms with Crippen molar-refractivity contribution in [2.75, 3.05) is 6.54 Å². The van der Waals surface area contributed by atoms with Gasteiger partial charge in [-0.05, 0) is 18.4 Å². The molecule has 1 rings (SSSR count).